The lowest BCUT2D eigenvalue weighted by molar-refractivity contribution is -0.143. The van der Waals surface area contributed by atoms with Crippen molar-refractivity contribution in [3.63, 3.8) is 0 Å². The van der Waals surface area contributed by atoms with Crippen LogP contribution in [0.1, 0.15) is 23.2 Å². The van der Waals surface area contributed by atoms with Crippen LogP contribution in [0, 0.1) is 6.92 Å². The van der Waals surface area contributed by atoms with Gasteiger partial charge in [0.15, 0.2) is 10.5 Å². The molecule has 0 saturated heterocycles. The van der Waals surface area contributed by atoms with Gasteiger partial charge in [-0.2, -0.15) is 4.99 Å². The Kier molecular flexibility index (Phi) is 4.57. The number of benzene rings is 1. The van der Waals surface area contributed by atoms with Gasteiger partial charge < -0.3 is 13.8 Å². The molecule has 0 N–H and O–H groups in total. The second-order valence-electron chi connectivity index (χ2n) is 4.98. The summed E-state index contributed by atoms with van der Waals surface area (Å²) in [6.07, 6.45) is 0. The maximum absolute atomic E-state index is 12.3. The van der Waals surface area contributed by atoms with Crippen molar-refractivity contribution in [3.8, 4) is 0 Å². The van der Waals surface area contributed by atoms with Gasteiger partial charge in [0, 0.05) is 6.07 Å². The summed E-state index contributed by atoms with van der Waals surface area (Å²) in [7, 11) is 0. The molecule has 2 heterocycles. The maximum Gasteiger partial charge on any atom is 0.326 e. The quantitative estimate of drug-likeness (QED) is 0.677. The number of esters is 1. The summed E-state index contributed by atoms with van der Waals surface area (Å²) in [4.78, 5) is 28.6. The molecule has 0 spiro atoms. The first kappa shape index (κ1) is 16.1. The molecule has 1 amide bonds. The molecule has 0 radical (unpaired) electrons. The third kappa shape index (κ3) is 3.28. The van der Waals surface area contributed by atoms with Crippen molar-refractivity contribution in [1.29, 1.82) is 0 Å². The Morgan fingerprint density at radius 3 is 2.88 bits per heavy atom. The molecule has 1 aromatic carbocycles. The number of rotatable bonds is 4. The minimum absolute atomic E-state index is 0.0121. The number of ether oxygens (including phenoxy) is 1. The van der Waals surface area contributed by atoms with Crippen LogP contribution in [0.3, 0.4) is 0 Å². The molecule has 0 saturated carbocycles. The van der Waals surface area contributed by atoms with E-state index in [1.54, 1.807) is 18.4 Å². The molecule has 0 unspecified atom stereocenters. The molecule has 2 aromatic heterocycles. The first-order valence-electron chi connectivity index (χ1n) is 7.35. The summed E-state index contributed by atoms with van der Waals surface area (Å²) < 4.78 is 12.5. The lowest BCUT2D eigenvalue weighted by Gasteiger charge is -2.04. The Hall–Kier alpha value is -2.74. The first-order chi connectivity index (χ1) is 11.6. The zero-order chi connectivity index (χ0) is 17.1. The summed E-state index contributed by atoms with van der Waals surface area (Å²) in [5, 5.41) is 3.67. The topological polar surface area (TPSA) is 86.7 Å². The maximum atomic E-state index is 12.3. The zero-order valence-corrected chi connectivity index (χ0v) is 14.0. The van der Waals surface area contributed by atoms with Crippen LogP contribution in [-0.4, -0.2) is 28.2 Å². The zero-order valence-electron chi connectivity index (χ0n) is 13.2. The van der Waals surface area contributed by atoms with E-state index in [1.807, 2.05) is 24.3 Å². The van der Waals surface area contributed by atoms with Crippen LogP contribution >= 0.6 is 11.3 Å². The molecule has 0 fully saturated rings. The molecule has 0 atom stereocenters. The minimum Gasteiger partial charge on any atom is -0.465 e. The van der Waals surface area contributed by atoms with Gasteiger partial charge in [0.2, 0.25) is 0 Å². The molecule has 124 valence electrons. The van der Waals surface area contributed by atoms with Gasteiger partial charge in [-0.1, -0.05) is 28.6 Å². The van der Waals surface area contributed by atoms with Crippen molar-refractivity contribution in [1.82, 2.24) is 9.72 Å². The third-order valence-electron chi connectivity index (χ3n) is 3.23. The molecule has 3 aromatic rings. The molecule has 0 aliphatic rings. The fourth-order valence-electron chi connectivity index (χ4n) is 2.21. The molecular formula is C16H15N3O4S. The van der Waals surface area contributed by atoms with E-state index in [-0.39, 0.29) is 18.2 Å². The number of para-hydroxylation sites is 1. The van der Waals surface area contributed by atoms with Crippen molar-refractivity contribution in [2.45, 2.75) is 20.4 Å². The summed E-state index contributed by atoms with van der Waals surface area (Å²) >= 11 is 1.32. The second kappa shape index (κ2) is 6.79. The Morgan fingerprint density at radius 2 is 2.17 bits per heavy atom. The summed E-state index contributed by atoms with van der Waals surface area (Å²) in [6, 6.07) is 9.05. The standard InChI is InChI=1S/C16H15N3O4S/c1-3-22-14(20)9-19-12-6-4-5-7-13(12)24-16(19)17-15(21)11-8-10(2)23-18-11/h4-8H,3,9H2,1-2H3. The fraction of sp³-hybridized carbons (Fsp3) is 0.250. The molecule has 3 rings (SSSR count). The van der Waals surface area contributed by atoms with Gasteiger partial charge >= 0.3 is 11.9 Å². The average molecular weight is 345 g/mol. The highest BCUT2D eigenvalue weighted by Crippen LogP contribution is 2.17. The molecule has 8 heteroatoms. The van der Waals surface area contributed by atoms with Crippen LogP contribution in [0.4, 0.5) is 0 Å². The highest BCUT2D eigenvalue weighted by atomic mass is 32.1. The predicted octanol–water partition coefficient (Wildman–Crippen LogP) is 2.30. The Bertz CT molecular complexity index is 967. The number of carbonyl (C=O) groups is 2. The predicted molar refractivity (Wildman–Crippen MR) is 87.6 cm³/mol. The Morgan fingerprint density at radius 1 is 1.38 bits per heavy atom. The van der Waals surface area contributed by atoms with E-state index >= 15 is 0 Å². The van der Waals surface area contributed by atoms with E-state index < -0.39 is 5.91 Å². The molecule has 7 nitrogen and oxygen atoms in total. The van der Waals surface area contributed by atoms with E-state index in [1.165, 1.54) is 17.4 Å². The molecule has 0 aliphatic heterocycles. The van der Waals surface area contributed by atoms with Crippen molar-refractivity contribution in [2.75, 3.05) is 6.61 Å². The summed E-state index contributed by atoms with van der Waals surface area (Å²) in [5.74, 6) is -0.368. The number of hydrogen-bond donors (Lipinski definition) is 0. The Balaban J connectivity index is 2.07. The SMILES string of the molecule is CCOC(=O)Cn1c(=NC(=O)c2cc(C)on2)sc2ccccc21. The fourth-order valence-corrected chi connectivity index (χ4v) is 3.23. The number of carbonyl (C=O) groups excluding carboxylic acids is 2. The molecule has 0 aliphatic carbocycles. The number of fused-ring (bicyclic) bond motifs is 1. The average Bonchev–Trinajstić information content (AvgIpc) is 3.12. The number of nitrogens with zero attached hydrogens (tertiary/aromatic N) is 3. The van der Waals surface area contributed by atoms with Gasteiger partial charge in [-0.3, -0.25) is 9.59 Å². The van der Waals surface area contributed by atoms with Crippen LogP contribution < -0.4 is 4.80 Å². The van der Waals surface area contributed by atoms with Crippen LogP contribution in [0.25, 0.3) is 10.2 Å². The minimum atomic E-state index is -0.518. The normalized spacial score (nSPS) is 11.8. The van der Waals surface area contributed by atoms with Crippen molar-refractivity contribution >= 4 is 33.4 Å². The van der Waals surface area contributed by atoms with Gasteiger partial charge in [-0.15, -0.1) is 0 Å². The van der Waals surface area contributed by atoms with Gasteiger partial charge in [-0.05, 0) is 26.0 Å². The number of amides is 1. The Labute approximate surface area is 141 Å². The largest absolute Gasteiger partial charge is 0.465 e. The van der Waals surface area contributed by atoms with Crippen molar-refractivity contribution in [3.05, 3.63) is 46.6 Å². The number of aryl methyl sites for hydroxylation is 1. The highest BCUT2D eigenvalue weighted by Gasteiger charge is 2.14. The first-order valence-corrected chi connectivity index (χ1v) is 8.16. The van der Waals surface area contributed by atoms with Gasteiger partial charge in [0.05, 0.1) is 16.8 Å². The monoisotopic (exact) mass is 345 g/mol. The lowest BCUT2D eigenvalue weighted by Crippen LogP contribution is -2.23. The van der Waals surface area contributed by atoms with Crippen molar-refractivity contribution in [2.24, 2.45) is 4.99 Å². The van der Waals surface area contributed by atoms with E-state index in [2.05, 4.69) is 10.1 Å². The second-order valence-corrected chi connectivity index (χ2v) is 5.99. The van der Waals surface area contributed by atoms with Gasteiger partial charge in [0.1, 0.15) is 12.3 Å². The van der Waals surface area contributed by atoms with E-state index in [0.717, 1.165) is 10.2 Å². The lowest BCUT2D eigenvalue weighted by atomic mass is 10.3. The molecule has 24 heavy (non-hydrogen) atoms. The summed E-state index contributed by atoms with van der Waals surface area (Å²) in [5.41, 5.74) is 0.950. The number of thiazole rings is 1. The number of aromatic nitrogens is 2. The van der Waals surface area contributed by atoms with Crippen LogP contribution in [-0.2, 0) is 16.1 Å². The van der Waals surface area contributed by atoms with Crippen molar-refractivity contribution < 1.29 is 18.8 Å². The number of hydrogen-bond acceptors (Lipinski definition) is 6. The van der Waals surface area contributed by atoms with Gasteiger partial charge in [-0.25, -0.2) is 0 Å². The van der Waals surface area contributed by atoms with E-state index in [9.17, 15) is 9.59 Å². The molecular weight excluding hydrogens is 330 g/mol. The van der Waals surface area contributed by atoms with Gasteiger partial charge in [0.25, 0.3) is 0 Å². The van der Waals surface area contributed by atoms with E-state index in [4.69, 9.17) is 9.26 Å². The highest BCUT2D eigenvalue weighted by molar-refractivity contribution is 7.16. The smallest absolute Gasteiger partial charge is 0.326 e. The van der Waals surface area contributed by atoms with E-state index in [0.29, 0.717) is 17.2 Å². The summed E-state index contributed by atoms with van der Waals surface area (Å²) in [6.45, 7) is 3.73. The third-order valence-corrected chi connectivity index (χ3v) is 4.28. The van der Waals surface area contributed by atoms with Crippen LogP contribution in [0.5, 0.6) is 0 Å². The van der Waals surface area contributed by atoms with Crippen LogP contribution in [0.2, 0.25) is 0 Å². The molecule has 0 bridgehead atoms. The van der Waals surface area contributed by atoms with Crippen LogP contribution in [0.15, 0.2) is 39.8 Å².